The van der Waals surface area contributed by atoms with Gasteiger partial charge < -0.3 is 9.72 Å². The van der Waals surface area contributed by atoms with Crippen LogP contribution >= 0.6 is 22.6 Å². The predicted molar refractivity (Wildman–Crippen MR) is 101 cm³/mol. The van der Waals surface area contributed by atoms with E-state index >= 15 is 0 Å². The lowest BCUT2D eigenvalue weighted by molar-refractivity contribution is 0.301. The first-order valence-corrected chi connectivity index (χ1v) is 10.6. The Kier molecular flexibility index (Phi) is 4.74. The van der Waals surface area contributed by atoms with Crippen LogP contribution in [0.2, 0.25) is 0 Å². The van der Waals surface area contributed by atoms with Crippen LogP contribution in [0.4, 0.5) is 0 Å². The standard InChI is InChI=1S/C17H18INO4S/c1-10-14(8-19-17(20)16(10)18)13-7-12(24(2,21)22)5-6-15(13)23-9-11-3-4-11/h5-8,11H,3-4,9H2,1-2H3,(H,19,20). The molecule has 1 N–H and O–H groups in total. The number of nitrogens with one attached hydrogen (secondary N) is 1. The summed E-state index contributed by atoms with van der Waals surface area (Å²) in [6.45, 7) is 2.48. The van der Waals surface area contributed by atoms with E-state index in [0.717, 1.165) is 11.1 Å². The fourth-order valence-corrected chi connectivity index (χ4v) is 3.54. The fourth-order valence-electron chi connectivity index (χ4n) is 2.45. The first-order chi connectivity index (χ1) is 11.3. The smallest absolute Gasteiger partial charge is 0.261 e. The molecule has 7 heteroatoms. The Bertz CT molecular complexity index is 946. The highest BCUT2D eigenvalue weighted by molar-refractivity contribution is 14.1. The normalized spacial score (nSPS) is 14.6. The summed E-state index contributed by atoms with van der Waals surface area (Å²) >= 11 is 2.00. The molecule has 0 unspecified atom stereocenters. The van der Waals surface area contributed by atoms with E-state index in [1.165, 1.54) is 19.1 Å². The second kappa shape index (κ2) is 6.51. The van der Waals surface area contributed by atoms with Crippen molar-refractivity contribution >= 4 is 32.4 Å². The third-order valence-corrected chi connectivity index (χ3v) is 6.53. The molecule has 1 heterocycles. The van der Waals surface area contributed by atoms with Gasteiger partial charge in [-0.2, -0.15) is 0 Å². The topological polar surface area (TPSA) is 76.2 Å². The maximum absolute atomic E-state index is 11.9. The van der Waals surface area contributed by atoms with Crippen LogP contribution in [-0.2, 0) is 9.84 Å². The summed E-state index contributed by atoms with van der Waals surface area (Å²) < 4.78 is 30.3. The number of ether oxygens (including phenoxy) is 1. The van der Waals surface area contributed by atoms with Crippen LogP contribution in [0.5, 0.6) is 5.75 Å². The third kappa shape index (κ3) is 3.66. The van der Waals surface area contributed by atoms with Crippen LogP contribution in [0.25, 0.3) is 11.1 Å². The highest BCUT2D eigenvalue weighted by Gasteiger charge is 2.23. The number of hydrogen-bond acceptors (Lipinski definition) is 4. The van der Waals surface area contributed by atoms with Crippen molar-refractivity contribution in [3.63, 3.8) is 0 Å². The lowest BCUT2D eigenvalue weighted by Crippen LogP contribution is -2.12. The Morgan fingerprint density at radius 1 is 1.29 bits per heavy atom. The summed E-state index contributed by atoms with van der Waals surface area (Å²) in [7, 11) is -3.33. The Morgan fingerprint density at radius 3 is 2.62 bits per heavy atom. The van der Waals surface area contributed by atoms with Crippen LogP contribution in [0.1, 0.15) is 18.4 Å². The minimum Gasteiger partial charge on any atom is -0.493 e. The molecule has 5 nitrogen and oxygen atoms in total. The Hall–Kier alpha value is -1.35. The van der Waals surface area contributed by atoms with Crippen LogP contribution in [0.15, 0.2) is 34.1 Å². The van der Waals surface area contributed by atoms with Gasteiger partial charge in [0.05, 0.1) is 15.1 Å². The summed E-state index contributed by atoms with van der Waals surface area (Å²) in [5.74, 6) is 1.23. The van der Waals surface area contributed by atoms with Gasteiger partial charge in [0.1, 0.15) is 5.75 Å². The summed E-state index contributed by atoms with van der Waals surface area (Å²) in [5, 5.41) is 0. The molecular formula is C17H18INO4S. The largest absolute Gasteiger partial charge is 0.493 e. The average Bonchev–Trinajstić information content (AvgIpc) is 3.34. The van der Waals surface area contributed by atoms with Gasteiger partial charge in [0.2, 0.25) is 0 Å². The molecule has 0 radical (unpaired) electrons. The van der Waals surface area contributed by atoms with E-state index < -0.39 is 9.84 Å². The molecule has 0 amide bonds. The first-order valence-electron chi connectivity index (χ1n) is 7.62. The summed E-state index contributed by atoms with van der Waals surface area (Å²) in [5.41, 5.74) is 2.11. The SMILES string of the molecule is Cc1c(-c2cc(S(C)(=O)=O)ccc2OCC2CC2)c[nH]c(=O)c1I. The number of H-pyrrole nitrogens is 1. The molecule has 2 aromatic rings. The molecule has 1 aliphatic rings. The molecule has 0 atom stereocenters. The monoisotopic (exact) mass is 459 g/mol. The van der Waals surface area contributed by atoms with Crippen molar-refractivity contribution < 1.29 is 13.2 Å². The lowest BCUT2D eigenvalue weighted by atomic mass is 10.0. The van der Waals surface area contributed by atoms with E-state index in [9.17, 15) is 13.2 Å². The molecule has 128 valence electrons. The lowest BCUT2D eigenvalue weighted by Gasteiger charge is -2.15. The molecule has 1 aromatic carbocycles. The number of aromatic amines is 1. The van der Waals surface area contributed by atoms with E-state index in [1.54, 1.807) is 24.4 Å². The zero-order chi connectivity index (χ0) is 17.5. The van der Waals surface area contributed by atoms with Gasteiger partial charge in [-0.05, 0) is 72.0 Å². The maximum Gasteiger partial charge on any atom is 0.261 e. The molecule has 24 heavy (non-hydrogen) atoms. The summed E-state index contributed by atoms with van der Waals surface area (Å²) in [6.07, 6.45) is 5.14. The van der Waals surface area contributed by atoms with E-state index in [4.69, 9.17) is 4.74 Å². The summed E-state index contributed by atoms with van der Waals surface area (Å²) in [4.78, 5) is 14.7. The van der Waals surface area contributed by atoms with Crippen molar-refractivity contribution in [1.29, 1.82) is 0 Å². The van der Waals surface area contributed by atoms with Gasteiger partial charge in [-0.25, -0.2) is 8.42 Å². The second-order valence-corrected chi connectivity index (χ2v) is 9.25. The van der Waals surface area contributed by atoms with Crippen LogP contribution in [0.3, 0.4) is 0 Å². The highest BCUT2D eigenvalue weighted by Crippen LogP contribution is 2.36. The minimum absolute atomic E-state index is 0.156. The molecule has 1 fully saturated rings. The second-order valence-electron chi connectivity index (χ2n) is 6.15. The first kappa shape index (κ1) is 17.5. The van der Waals surface area contributed by atoms with Gasteiger partial charge >= 0.3 is 0 Å². The number of sulfone groups is 1. The van der Waals surface area contributed by atoms with Crippen molar-refractivity contribution in [3.8, 4) is 16.9 Å². The van der Waals surface area contributed by atoms with Crippen molar-refractivity contribution in [2.24, 2.45) is 5.92 Å². The zero-order valence-electron chi connectivity index (χ0n) is 13.4. The van der Waals surface area contributed by atoms with Crippen molar-refractivity contribution in [2.75, 3.05) is 12.9 Å². The van der Waals surface area contributed by atoms with E-state index in [1.807, 2.05) is 29.5 Å². The van der Waals surface area contributed by atoms with Gasteiger partial charge in [-0.3, -0.25) is 4.79 Å². The zero-order valence-corrected chi connectivity index (χ0v) is 16.4. The molecular weight excluding hydrogens is 441 g/mol. The highest BCUT2D eigenvalue weighted by atomic mass is 127. The van der Waals surface area contributed by atoms with Crippen molar-refractivity contribution in [3.05, 3.63) is 43.9 Å². The molecule has 1 aromatic heterocycles. The number of rotatable bonds is 5. The van der Waals surface area contributed by atoms with Crippen LogP contribution < -0.4 is 10.3 Å². The predicted octanol–water partition coefficient (Wildman–Crippen LogP) is 3.15. The molecule has 0 saturated heterocycles. The number of aromatic nitrogens is 1. The third-order valence-electron chi connectivity index (χ3n) is 4.12. The minimum atomic E-state index is -3.33. The van der Waals surface area contributed by atoms with Crippen LogP contribution in [0, 0.1) is 16.4 Å². The molecule has 1 aliphatic carbocycles. The number of pyridine rings is 1. The molecule has 0 bridgehead atoms. The van der Waals surface area contributed by atoms with E-state index in [2.05, 4.69) is 4.98 Å². The van der Waals surface area contributed by atoms with Gasteiger partial charge in [-0.1, -0.05) is 0 Å². The summed E-state index contributed by atoms with van der Waals surface area (Å²) in [6, 6.07) is 4.88. The Morgan fingerprint density at radius 2 is 2.00 bits per heavy atom. The molecule has 0 spiro atoms. The van der Waals surface area contributed by atoms with E-state index in [-0.39, 0.29) is 10.5 Å². The molecule has 1 saturated carbocycles. The maximum atomic E-state index is 11.9. The van der Waals surface area contributed by atoms with Crippen LogP contribution in [-0.4, -0.2) is 26.3 Å². The number of halogens is 1. The van der Waals surface area contributed by atoms with Crippen molar-refractivity contribution in [2.45, 2.75) is 24.7 Å². The van der Waals surface area contributed by atoms with Gasteiger partial charge in [0.25, 0.3) is 5.56 Å². The number of benzene rings is 1. The molecule has 0 aliphatic heterocycles. The Labute approximate surface area is 154 Å². The molecule has 3 rings (SSSR count). The van der Waals surface area contributed by atoms with Crippen molar-refractivity contribution in [1.82, 2.24) is 4.98 Å². The van der Waals surface area contributed by atoms with Gasteiger partial charge in [0.15, 0.2) is 9.84 Å². The van der Waals surface area contributed by atoms with Gasteiger partial charge in [0, 0.05) is 23.6 Å². The van der Waals surface area contributed by atoms with Gasteiger partial charge in [-0.15, -0.1) is 0 Å². The quantitative estimate of drug-likeness (QED) is 0.698. The number of hydrogen-bond donors (Lipinski definition) is 1. The fraction of sp³-hybridized carbons (Fsp3) is 0.353. The average molecular weight is 459 g/mol. The van der Waals surface area contributed by atoms with E-state index in [0.29, 0.717) is 27.4 Å². The Balaban J connectivity index is 2.14.